The van der Waals surface area contributed by atoms with E-state index in [1.807, 2.05) is 13.8 Å². The Morgan fingerprint density at radius 3 is 2.77 bits per heavy atom. The molecule has 0 saturated heterocycles. The van der Waals surface area contributed by atoms with Crippen molar-refractivity contribution in [2.75, 3.05) is 0 Å². The van der Waals surface area contributed by atoms with Gasteiger partial charge in [0.1, 0.15) is 17.0 Å². The summed E-state index contributed by atoms with van der Waals surface area (Å²) in [5, 5.41) is 13.3. The lowest BCUT2D eigenvalue weighted by Gasteiger charge is -2.00. The molecule has 4 heterocycles. The molecule has 6 nitrogen and oxygen atoms in total. The second kappa shape index (κ2) is 4.74. The van der Waals surface area contributed by atoms with Crippen LogP contribution in [0.1, 0.15) is 17.0 Å². The molecule has 4 rings (SSSR count). The number of fused-ring (bicyclic) bond motifs is 1. The molecule has 0 amide bonds. The lowest BCUT2D eigenvalue weighted by atomic mass is 10.1. The number of nitrogens with zero attached hydrogens (tertiary/aromatic N) is 4. The number of hydrogen-bond donors (Lipinski definition) is 1. The number of nitrogens with one attached hydrogen (secondary N) is 1. The molecule has 0 aromatic carbocycles. The molecule has 0 bridgehead atoms. The van der Waals surface area contributed by atoms with Gasteiger partial charge in [0.25, 0.3) is 0 Å². The SMILES string of the molecule is Cc1ccsc1-c1[nH]nc2ncc(-c3c(C)noc3C)nc12. The summed E-state index contributed by atoms with van der Waals surface area (Å²) in [6.07, 6.45) is 1.71. The molecule has 0 aliphatic rings. The van der Waals surface area contributed by atoms with Crippen molar-refractivity contribution in [3.05, 3.63) is 34.7 Å². The molecule has 0 unspecified atom stereocenters. The van der Waals surface area contributed by atoms with Gasteiger partial charge in [0.2, 0.25) is 0 Å². The molecular weight excluding hydrogens is 298 g/mol. The van der Waals surface area contributed by atoms with Crippen LogP contribution in [0.4, 0.5) is 0 Å². The minimum absolute atomic E-state index is 0.610. The van der Waals surface area contributed by atoms with E-state index in [4.69, 9.17) is 9.51 Å². The fourth-order valence-electron chi connectivity index (χ4n) is 2.55. The average molecular weight is 311 g/mol. The van der Waals surface area contributed by atoms with E-state index in [1.54, 1.807) is 17.5 Å². The largest absolute Gasteiger partial charge is 0.361 e. The van der Waals surface area contributed by atoms with Crippen molar-refractivity contribution in [1.29, 1.82) is 0 Å². The van der Waals surface area contributed by atoms with E-state index in [2.05, 4.69) is 38.7 Å². The topological polar surface area (TPSA) is 80.5 Å². The van der Waals surface area contributed by atoms with Crippen LogP contribution in [-0.4, -0.2) is 25.3 Å². The van der Waals surface area contributed by atoms with Crippen molar-refractivity contribution in [3.63, 3.8) is 0 Å². The second-order valence-corrected chi connectivity index (χ2v) is 6.07. The van der Waals surface area contributed by atoms with Gasteiger partial charge >= 0.3 is 0 Å². The number of aryl methyl sites for hydroxylation is 3. The van der Waals surface area contributed by atoms with Crippen molar-refractivity contribution in [2.24, 2.45) is 0 Å². The summed E-state index contributed by atoms with van der Waals surface area (Å²) in [5.41, 5.74) is 5.93. The van der Waals surface area contributed by atoms with E-state index in [9.17, 15) is 0 Å². The highest BCUT2D eigenvalue weighted by Gasteiger charge is 2.18. The quantitative estimate of drug-likeness (QED) is 0.611. The first kappa shape index (κ1) is 13.1. The molecule has 1 N–H and O–H groups in total. The zero-order valence-electron chi connectivity index (χ0n) is 12.3. The minimum Gasteiger partial charge on any atom is -0.361 e. The smallest absolute Gasteiger partial charge is 0.200 e. The second-order valence-electron chi connectivity index (χ2n) is 5.16. The summed E-state index contributed by atoms with van der Waals surface area (Å²) >= 11 is 1.66. The zero-order chi connectivity index (χ0) is 15.3. The lowest BCUT2D eigenvalue weighted by molar-refractivity contribution is 0.393. The Labute approximate surface area is 130 Å². The first-order valence-electron chi connectivity index (χ1n) is 6.84. The Morgan fingerprint density at radius 1 is 1.23 bits per heavy atom. The first-order chi connectivity index (χ1) is 10.6. The maximum Gasteiger partial charge on any atom is 0.200 e. The van der Waals surface area contributed by atoms with Gasteiger partial charge in [-0.2, -0.15) is 5.10 Å². The van der Waals surface area contributed by atoms with Gasteiger partial charge in [-0.05, 0) is 37.8 Å². The fraction of sp³-hybridized carbons (Fsp3) is 0.200. The zero-order valence-corrected chi connectivity index (χ0v) is 13.2. The number of thiophene rings is 1. The molecule has 0 spiro atoms. The predicted octanol–water partition coefficient (Wildman–Crippen LogP) is 3.66. The van der Waals surface area contributed by atoms with Crippen LogP contribution in [0.2, 0.25) is 0 Å². The number of H-pyrrole nitrogens is 1. The summed E-state index contributed by atoms with van der Waals surface area (Å²) in [4.78, 5) is 10.3. The van der Waals surface area contributed by atoms with Gasteiger partial charge in [0.15, 0.2) is 5.65 Å². The van der Waals surface area contributed by atoms with Gasteiger partial charge in [0.05, 0.1) is 28.0 Å². The fourth-order valence-corrected chi connectivity index (χ4v) is 3.47. The van der Waals surface area contributed by atoms with E-state index >= 15 is 0 Å². The molecule has 0 saturated carbocycles. The van der Waals surface area contributed by atoms with Crippen LogP contribution < -0.4 is 0 Å². The number of aromatic nitrogens is 5. The molecule has 4 aromatic heterocycles. The molecular formula is C15H13N5OS. The highest BCUT2D eigenvalue weighted by Crippen LogP contribution is 2.33. The molecule has 0 atom stereocenters. The Hall–Kier alpha value is -2.54. The highest BCUT2D eigenvalue weighted by molar-refractivity contribution is 7.13. The number of aromatic amines is 1. The molecule has 7 heteroatoms. The summed E-state index contributed by atoms with van der Waals surface area (Å²) in [6, 6.07) is 2.08. The maximum absolute atomic E-state index is 5.23. The van der Waals surface area contributed by atoms with Crippen LogP contribution in [0.15, 0.2) is 22.2 Å². The number of rotatable bonds is 2. The first-order valence-corrected chi connectivity index (χ1v) is 7.72. The van der Waals surface area contributed by atoms with Gasteiger partial charge in [0, 0.05) is 0 Å². The minimum atomic E-state index is 0.610. The Bertz CT molecular complexity index is 962. The Morgan fingerprint density at radius 2 is 2.09 bits per heavy atom. The summed E-state index contributed by atoms with van der Waals surface area (Å²) < 4.78 is 5.23. The van der Waals surface area contributed by atoms with Gasteiger partial charge in [-0.1, -0.05) is 5.16 Å². The summed E-state index contributed by atoms with van der Waals surface area (Å²) in [7, 11) is 0. The summed E-state index contributed by atoms with van der Waals surface area (Å²) in [5.74, 6) is 0.739. The highest BCUT2D eigenvalue weighted by atomic mass is 32.1. The predicted molar refractivity (Wildman–Crippen MR) is 84.7 cm³/mol. The normalized spacial score (nSPS) is 11.4. The third kappa shape index (κ3) is 1.86. The van der Waals surface area contributed by atoms with Crippen LogP contribution in [0.25, 0.3) is 33.0 Å². The molecule has 0 aliphatic carbocycles. The van der Waals surface area contributed by atoms with E-state index in [0.29, 0.717) is 5.65 Å². The van der Waals surface area contributed by atoms with Gasteiger partial charge in [-0.15, -0.1) is 11.3 Å². The standard InChI is InChI=1S/C15H13N5OS/c1-7-4-5-22-14(7)12-13-15(19-18-12)16-6-10(17-13)11-8(2)20-21-9(11)3/h4-6H,1-3H3,(H,16,18,19). The lowest BCUT2D eigenvalue weighted by Crippen LogP contribution is -1.90. The molecule has 0 aliphatic heterocycles. The average Bonchev–Trinajstić information content (AvgIpc) is 3.18. The van der Waals surface area contributed by atoms with Crippen LogP contribution in [-0.2, 0) is 0 Å². The molecule has 0 radical (unpaired) electrons. The third-order valence-electron chi connectivity index (χ3n) is 3.64. The number of hydrogen-bond acceptors (Lipinski definition) is 6. The van der Waals surface area contributed by atoms with Crippen LogP contribution in [0.5, 0.6) is 0 Å². The molecule has 0 fully saturated rings. The summed E-state index contributed by atoms with van der Waals surface area (Å²) in [6.45, 7) is 5.85. The van der Waals surface area contributed by atoms with Crippen molar-refractivity contribution >= 4 is 22.5 Å². The molecule has 110 valence electrons. The Kier molecular flexibility index (Phi) is 2.83. The van der Waals surface area contributed by atoms with Crippen molar-refractivity contribution in [2.45, 2.75) is 20.8 Å². The third-order valence-corrected chi connectivity index (χ3v) is 4.68. The van der Waals surface area contributed by atoms with Gasteiger partial charge < -0.3 is 4.52 Å². The molecule has 4 aromatic rings. The van der Waals surface area contributed by atoms with E-state index in [0.717, 1.165) is 38.8 Å². The van der Waals surface area contributed by atoms with E-state index < -0.39 is 0 Å². The van der Waals surface area contributed by atoms with Crippen LogP contribution in [0.3, 0.4) is 0 Å². The van der Waals surface area contributed by atoms with Gasteiger partial charge in [-0.3, -0.25) is 5.10 Å². The van der Waals surface area contributed by atoms with E-state index in [1.165, 1.54) is 5.56 Å². The van der Waals surface area contributed by atoms with Gasteiger partial charge in [-0.25, -0.2) is 9.97 Å². The van der Waals surface area contributed by atoms with Crippen LogP contribution >= 0.6 is 11.3 Å². The van der Waals surface area contributed by atoms with Crippen LogP contribution in [0, 0.1) is 20.8 Å². The maximum atomic E-state index is 5.23. The van der Waals surface area contributed by atoms with Crippen molar-refractivity contribution in [1.82, 2.24) is 25.3 Å². The Balaban J connectivity index is 1.96. The van der Waals surface area contributed by atoms with Crippen molar-refractivity contribution < 1.29 is 4.52 Å². The molecule has 22 heavy (non-hydrogen) atoms. The van der Waals surface area contributed by atoms with E-state index in [-0.39, 0.29) is 0 Å². The van der Waals surface area contributed by atoms with Crippen molar-refractivity contribution in [3.8, 4) is 21.8 Å². The monoisotopic (exact) mass is 311 g/mol.